The highest BCUT2D eigenvalue weighted by molar-refractivity contribution is 9.10. The second kappa shape index (κ2) is 5.89. The van der Waals surface area contributed by atoms with E-state index in [0.717, 1.165) is 10.0 Å². The van der Waals surface area contributed by atoms with Crippen molar-refractivity contribution in [2.24, 2.45) is 0 Å². The lowest BCUT2D eigenvalue weighted by atomic mass is 10.1. The maximum absolute atomic E-state index is 12.1. The van der Waals surface area contributed by atoms with Gasteiger partial charge in [-0.2, -0.15) is 0 Å². The molecule has 0 radical (unpaired) electrons. The monoisotopic (exact) mass is 319 g/mol. The van der Waals surface area contributed by atoms with Crippen LogP contribution in [0.4, 0.5) is 5.69 Å². The molecular weight excluding hydrogens is 306 g/mol. The lowest BCUT2D eigenvalue weighted by Gasteiger charge is -2.08. The smallest absolute Gasteiger partial charge is 0.255 e. The van der Waals surface area contributed by atoms with Crippen molar-refractivity contribution in [3.05, 3.63) is 58.1 Å². The number of carbonyl (C=O) groups excluding carboxylic acids is 1. The zero-order valence-corrected chi connectivity index (χ0v) is 12.3. The Bertz CT molecular complexity index is 591. The van der Waals surface area contributed by atoms with Gasteiger partial charge in [-0.15, -0.1) is 0 Å². The molecule has 0 aliphatic heterocycles. The number of ether oxygens (including phenoxy) is 1. The van der Waals surface area contributed by atoms with Gasteiger partial charge in [0.2, 0.25) is 0 Å². The first-order chi connectivity index (χ1) is 9.08. The Labute approximate surface area is 120 Å². The van der Waals surface area contributed by atoms with Crippen LogP contribution in [0.3, 0.4) is 0 Å². The summed E-state index contributed by atoms with van der Waals surface area (Å²) < 4.78 is 6.01. The Balaban J connectivity index is 2.20. The molecule has 98 valence electrons. The van der Waals surface area contributed by atoms with Gasteiger partial charge in [0.1, 0.15) is 5.75 Å². The molecule has 19 heavy (non-hydrogen) atoms. The average molecular weight is 320 g/mol. The molecule has 0 heterocycles. The third kappa shape index (κ3) is 3.58. The van der Waals surface area contributed by atoms with Crippen LogP contribution in [-0.4, -0.2) is 13.0 Å². The summed E-state index contributed by atoms with van der Waals surface area (Å²) in [5, 5.41) is 2.85. The molecule has 0 unspecified atom stereocenters. The Morgan fingerprint density at radius 2 is 2.00 bits per heavy atom. The normalized spacial score (nSPS) is 10.1. The molecule has 3 nitrogen and oxygen atoms in total. The first kappa shape index (κ1) is 13.6. The van der Waals surface area contributed by atoms with Gasteiger partial charge in [-0.3, -0.25) is 4.79 Å². The van der Waals surface area contributed by atoms with Gasteiger partial charge in [-0.25, -0.2) is 0 Å². The van der Waals surface area contributed by atoms with Crippen molar-refractivity contribution in [2.75, 3.05) is 12.4 Å². The van der Waals surface area contributed by atoms with Gasteiger partial charge in [0, 0.05) is 21.8 Å². The summed E-state index contributed by atoms with van der Waals surface area (Å²) in [4.78, 5) is 12.1. The standard InChI is InChI=1S/C15H14BrNO2/c1-10-6-11(8-12(16)7-10)15(18)17-13-4-3-5-14(9-13)19-2/h3-9H,1-2H3,(H,17,18). The minimum absolute atomic E-state index is 0.141. The van der Waals surface area contributed by atoms with E-state index in [9.17, 15) is 4.79 Å². The summed E-state index contributed by atoms with van der Waals surface area (Å²) in [7, 11) is 1.60. The molecule has 2 aromatic carbocycles. The van der Waals surface area contributed by atoms with Crippen molar-refractivity contribution >= 4 is 27.5 Å². The number of anilines is 1. The van der Waals surface area contributed by atoms with E-state index in [2.05, 4.69) is 21.2 Å². The van der Waals surface area contributed by atoms with Crippen LogP contribution in [-0.2, 0) is 0 Å². The number of nitrogens with one attached hydrogen (secondary N) is 1. The molecule has 0 saturated carbocycles. The first-order valence-electron chi connectivity index (χ1n) is 5.81. The number of methoxy groups -OCH3 is 1. The van der Waals surface area contributed by atoms with Gasteiger partial charge in [0.05, 0.1) is 7.11 Å². The van der Waals surface area contributed by atoms with Gasteiger partial charge in [0.15, 0.2) is 0 Å². The van der Waals surface area contributed by atoms with Gasteiger partial charge >= 0.3 is 0 Å². The van der Waals surface area contributed by atoms with E-state index in [1.54, 1.807) is 19.2 Å². The zero-order chi connectivity index (χ0) is 13.8. The van der Waals surface area contributed by atoms with Crippen molar-refractivity contribution in [1.82, 2.24) is 0 Å². The summed E-state index contributed by atoms with van der Waals surface area (Å²) in [5.74, 6) is 0.570. The van der Waals surface area contributed by atoms with E-state index in [4.69, 9.17) is 4.74 Å². The SMILES string of the molecule is COc1cccc(NC(=O)c2cc(C)cc(Br)c2)c1. The van der Waals surface area contributed by atoms with Gasteiger partial charge in [0.25, 0.3) is 5.91 Å². The molecule has 2 rings (SSSR count). The van der Waals surface area contributed by atoms with Crippen molar-refractivity contribution in [2.45, 2.75) is 6.92 Å². The zero-order valence-electron chi connectivity index (χ0n) is 10.7. The molecule has 1 N–H and O–H groups in total. The van der Waals surface area contributed by atoms with Crippen LogP contribution >= 0.6 is 15.9 Å². The molecule has 0 aliphatic rings. The summed E-state index contributed by atoms with van der Waals surface area (Å²) in [6.07, 6.45) is 0. The highest BCUT2D eigenvalue weighted by Crippen LogP contribution is 2.19. The molecule has 4 heteroatoms. The second-order valence-corrected chi connectivity index (χ2v) is 5.12. The number of amides is 1. The number of aryl methyl sites for hydroxylation is 1. The summed E-state index contributed by atoms with van der Waals surface area (Å²) >= 11 is 3.39. The third-order valence-electron chi connectivity index (χ3n) is 2.63. The molecule has 0 bridgehead atoms. The van der Waals surface area contributed by atoms with Crippen molar-refractivity contribution < 1.29 is 9.53 Å². The highest BCUT2D eigenvalue weighted by atomic mass is 79.9. The predicted molar refractivity (Wildman–Crippen MR) is 79.8 cm³/mol. The minimum Gasteiger partial charge on any atom is -0.497 e. The number of rotatable bonds is 3. The first-order valence-corrected chi connectivity index (χ1v) is 6.60. The summed E-state index contributed by atoms with van der Waals surface area (Å²) in [5.41, 5.74) is 2.36. The fraction of sp³-hybridized carbons (Fsp3) is 0.133. The van der Waals surface area contributed by atoms with Crippen LogP contribution in [0.1, 0.15) is 15.9 Å². The summed E-state index contributed by atoms with van der Waals surface area (Å²) in [6.45, 7) is 1.95. The molecule has 0 fully saturated rings. The fourth-order valence-corrected chi connectivity index (χ4v) is 2.38. The van der Waals surface area contributed by atoms with E-state index in [1.165, 1.54) is 0 Å². The maximum Gasteiger partial charge on any atom is 0.255 e. The van der Waals surface area contributed by atoms with Gasteiger partial charge in [-0.05, 0) is 42.8 Å². The average Bonchev–Trinajstić information content (AvgIpc) is 2.37. The van der Waals surface area contributed by atoms with Gasteiger partial charge < -0.3 is 10.1 Å². The molecule has 0 saturated heterocycles. The Morgan fingerprint density at radius 1 is 1.21 bits per heavy atom. The molecular formula is C15H14BrNO2. The lowest BCUT2D eigenvalue weighted by Crippen LogP contribution is -2.12. The Morgan fingerprint density at radius 3 is 2.68 bits per heavy atom. The van der Waals surface area contributed by atoms with Crippen molar-refractivity contribution in [3.8, 4) is 5.75 Å². The van der Waals surface area contributed by atoms with E-state index < -0.39 is 0 Å². The third-order valence-corrected chi connectivity index (χ3v) is 3.09. The van der Waals surface area contributed by atoms with E-state index >= 15 is 0 Å². The molecule has 1 amide bonds. The number of hydrogen-bond acceptors (Lipinski definition) is 2. The molecule has 0 aromatic heterocycles. The molecule has 0 spiro atoms. The summed E-state index contributed by atoms with van der Waals surface area (Å²) in [6, 6.07) is 12.9. The molecule has 0 aliphatic carbocycles. The van der Waals surface area contributed by atoms with Crippen LogP contribution < -0.4 is 10.1 Å². The largest absolute Gasteiger partial charge is 0.497 e. The fourth-order valence-electron chi connectivity index (χ4n) is 1.77. The Hall–Kier alpha value is -1.81. The van der Waals surface area contributed by atoms with Crippen molar-refractivity contribution in [3.63, 3.8) is 0 Å². The Kier molecular flexibility index (Phi) is 4.22. The van der Waals surface area contributed by atoms with Crippen LogP contribution in [0, 0.1) is 6.92 Å². The highest BCUT2D eigenvalue weighted by Gasteiger charge is 2.08. The predicted octanol–water partition coefficient (Wildman–Crippen LogP) is 4.02. The van der Waals surface area contributed by atoms with E-state index in [0.29, 0.717) is 17.0 Å². The maximum atomic E-state index is 12.1. The van der Waals surface area contributed by atoms with Crippen LogP contribution in [0.15, 0.2) is 46.9 Å². The van der Waals surface area contributed by atoms with Crippen LogP contribution in [0.2, 0.25) is 0 Å². The number of carbonyl (C=O) groups is 1. The topological polar surface area (TPSA) is 38.3 Å². The van der Waals surface area contributed by atoms with E-state index in [1.807, 2.05) is 37.3 Å². The number of benzene rings is 2. The number of halogens is 1. The number of hydrogen-bond donors (Lipinski definition) is 1. The van der Waals surface area contributed by atoms with Crippen LogP contribution in [0.25, 0.3) is 0 Å². The lowest BCUT2D eigenvalue weighted by molar-refractivity contribution is 0.102. The second-order valence-electron chi connectivity index (χ2n) is 4.20. The van der Waals surface area contributed by atoms with Gasteiger partial charge in [-0.1, -0.05) is 22.0 Å². The van der Waals surface area contributed by atoms with E-state index in [-0.39, 0.29) is 5.91 Å². The quantitative estimate of drug-likeness (QED) is 0.928. The van der Waals surface area contributed by atoms with Crippen molar-refractivity contribution in [1.29, 1.82) is 0 Å². The van der Waals surface area contributed by atoms with Crippen LogP contribution in [0.5, 0.6) is 5.75 Å². The molecule has 2 aromatic rings. The molecule has 0 atom stereocenters. The minimum atomic E-state index is -0.141.